The number of fused-ring (bicyclic) bond motifs is 1. The highest BCUT2D eigenvalue weighted by Gasteiger charge is 2.32. The Morgan fingerprint density at radius 2 is 2.10 bits per heavy atom. The molecule has 3 rings (SSSR count). The number of methoxy groups -OCH3 is 1. The number of ether oxygens (including phenoxy) is 2. The number of benzene rings is 1. The minimum absolute atomic E-state index is 0.144. The van der Waals surface area contributed by atoms with Gasteiger partial charge in [-0.15, -0.1) is 0 Å². The molecule has 21 heavy (non-hydrogen) atoms. The van der Waals surface area contributed by atoms with Crippen LogP contribution in [0.5, 0.6) is 0 Å². The van der Waals surface area contributed by atoms with Gasteiger partial charge in [0.2, 0.25) is 0 Å². The lowest BCUT2D eigenvalue weighted by atomic mass is 9.94. The summed E-state index contributed by atoms with van der Waals surface area (Å²) in [5.41, 5.74) is 0.843. The van der Waals surface area contributed by atoms with Gasteiger partial charge in [-0.25, -0.2) is 4.98 Å². The molecule has 2 aromatic rings. The van der Waals surface area contributed by atoms with Crippen LogP contribution in [0.15, 0.2) is 34.8 Å². The second-order valence-corrected chi connectivity index (χ2v) is 6.30. The molecule has 5 heteroatoms. The molecule has 1 aliphatic rings. The Labute approximate surface area is 133 Å². The first kappa shape index (κ1) is 14.8. The lowest BCUT2D eigenvalue weighted by Gasteiger charge is -2.36. The summed E-state index contributed by atoms with van der Waals surface area (Å²) in [6.07, 6.45) is 1.83. The van der Waals surface area contributed by atoms with Gasteiger partial charge in [0.1, 0.15) is 5.82 Å². The third-order valence-corrected chi connectivity index (χ3v) is 4.57. The van der Waals surface area contributed by atoms with Crippen LogP contribution in [0.25, 0.3) is 10.9 Å². The van der Waals surface area contributed by atoms with Crippen molar-refractivity contribution in [2.75, 3.05) is 32.2 Å². The number of hydrogen-bond acceptors (Lipinski definition) is 4. The third-order valence-electron chi connectivity index (χ3n) is 4.08. The quantitative estimate of drug-likeness (QED) is 0.914. The van der Waals surface area contributed by atoms with Gasteiger partial charge in [0, 0.05) is 49.6 Å². The van der Waals surface area contributed by atoms with E-state index in [1.54, 1.807) is 7.11 Å². The average molecular weight is 351 g/mol. The van der Waals surface area contributed by atoms with Gasteiger partial charge in [0.15, 0.2) is 0 Å². The van der Waals surface area contributed by atoms with E-state index in [1.165, 1.54) is 0 Å². The fourth-order valence-corrected chi connectivity index (χ4v) is 3.02. The van der Waals surface area contributed by atoms with Gasteiger partial charge in [-0.3, -0.25) is 0 Å². The molecular formula is C16H19BrN2O2. The minimum atomic E-state index is -0.144. The van der Waals surface area contributed by atoms with Crippen LogP contribution in [0.3, 0.4) is 0 Å². The molecule has 1 aromatic carbocycles. The lowest BCUT2D eigenvalue weighted by Crippen LogP contribution is -2.44. The highest BCUT2D eigenvalue weighted by molar-refractivity contribution is 9.10. The number of halogens is 1. The fourth-order valence-electron chi connectivity index (χ4n) is 2.64. The SMILES string of the molecule is COC1(CNc2ccc3cc(Br)ccc3n2)CCOCC1. The average Bonchev–Trinajstić information content (AvgIpc) is 2.54. The van der Waals surface area contributed by atoms with E-state index in [2.05, 4.69) is 38.4 Å². The van der Waals surface area contributed by atoms with Crippen LogP contribution in [0.2, 0.25) is 0 Å². The Morgan fingerprint density at radius 3 is 2.86 bits per heavy atom. The summed E-state index contributed by atoms with van der Waals surface area (Å²) in [4.78, 5) is 4.65. The van der Waals surface area contributed by atoms with Gasteiger partial charge in [0.05, 0.1) is 11.1 Å². The normalized spacial score (nSPS) is 17.8. The number of aromatic nitrogens is 1. The number of hydrogen-bond donors (Lipinski definition) is 1. The van der Waals surface area contributed by atoms with Gasteiger partial charge >= 0.3 is 0 Å². The van der Waals surface area contributed by atoms with Crippen LogP contribution >= 0.6 is 15.9 Å². The van der Waals surface area contributed by atoms with Crippen LogP contribution < -0.4 is 5.32 Å². The number of pyridine rings is 1. The molecule has 1 N–H and O–H groups in total. The predicted molar refractivity (Wildman–Crippen MR) is 87.7 cm³/mol. The van der Waals surface area contributed by atoms with E-state index in [1.807, 2.05) is 18.2 Å². The highest BCUT2D eigenvalue weighted by atomic mass is 79.9. The minimum Gasteiger partial charge on any atom is -0.381 e. The van der Waals surface area contributed by atoms with E-state index < -0.39 is 0 Å². The summed E-state index contributed by atoms with van der Waals surface area (Å²) in [5.74, 6) is 0.882. The number of nitrogens with zero attached hydrogens (tertiary/aromatic N) is 1. The van der Waals surface area contributed by atoms with Crippen molar-refractivity contribution < 1.29 is 9.47 Å². The molecule has 0 unspecified atom stereocenters. The van der Waals surface area contributed by atoms with E-state index in [0.29, 0.717) is 0 Å². The summed E-state index contributed by atoms with van der Waals surface area (Å²) >= 11 is 3.48. The van der Waals surface area contributed by atoms with E-state index in [-0.39, 0.29) is 5.60 Å². The Morgan fingerprint density at radius 1 is 1.29 bits per heavy atom. The summed E-state index contributed by atoms with van der Waals surface area (Å²) in [5, 5.41) is 4.54. The summed E-state index contributed by atoms with van der Waals surface area (Å²) < 4.78 is 12.2. The molecule has 1 aliphatic heterocycles. The largest absolute Gasteiger partial charge is 0.381 e. The Balaban J connectivity index is 1.74. The first-order chi connectivity index (χ1) is 10.2. The molecule has 2 heterocycles. The van der Waals surface area contributed by atoms with Gasteiger partial charge in [-0.05, 0) is 30.3 Å². The fraction of sp³-hybridized carbons (Fsp3) is 0.438. The van der Waals surface area contributed by atoms with Crippen LogP contribution in [0.1, 0.15) is 12.8 Å². The van der Waals surface area contributed by atoms with Crippen LogP contribution in [-0.4, -0.2) is 37.5 Å². The first-order valence-electron chi connectivity index (χ1n) is 7.14. The maximum absolute atomic E-state index is 5.73. The number of nitrogens with one attached hydrogen (secondary N) is 1. The highest BCUT2D eigenvalue weighted by Crippen LogP contribution is 2.25. The first-order valence-corrected chi connectivity index (χ1v) is 7.93. The second-order valence-electron chi connectivity index (χ2n) is 5.39. The van der Waals surface area contributed by atoms with Crippen molar-refractivity contribution >= 4 is 32.7 Å². The summed E-state index contributed by atoms with van der Waals surface area (Å²) in [6.45, 7) is 2.27. The number of anilines is 1. The van der Waals surface area contributed by atoms with Crippen molar-refractivity contribution in [2.24, 2.45) is 0 Å². The molecule has 112 valence electrons. The van der Waals surface area contributed by atoms with Crippen LogP contribution in [0.4, 0.5) is 5.82 Å². The zero-order valence-corrected chi connectivity index (χ0v) is 13.6. The summed E-state index contributed by atoms with van der Waals surface area (Å²) in [6, 6.07) is 10.2. The molecule has 0 amide bonds. The van der Waals surface area contributed by atoms with Crippen LogP contribution in [0, 0.1) is 0 Å². The molecule has 4 nitrogen and oxygen atoms in total. The van der Waals surface area contributed by atoms with Crippen molar-refractivity contribution in [3.63, 3.8) is 0 Å². The standard InChI is InChI=1S/C16H19BrN2O2/c1-20-16(6-8-21-9-7-16)11-18-15-5-2-12-10-13(17)3-4-14(12)19-15/h2-5,10H,6-9,11H2,1H3,(H,18,19). The molecule has 0 atom stereocenters. The zero-order valence-electron chi connectivity index (χ0n) is 12.1. The molecule has 0 aliphatic carbocycles. The van der Waals surface area contributed by atoms with Gasteiger partial charge in [-0.1, -0.05) is 15.9 Å². The molecular weight excluding hydrogens is 332 g/mol. The van der Waals surface area contributed by atoms with Crippen molar-refractivity contribution in [1.29, 1.82) is 0 Å². The number of rotatable bonds is 4. The van der Waals surface area contributed by atoms with Gasteiger partial charge in [-0.2, -0.15) is 0 Å². The lowest BCUT2D eigenvalue weighted by molar-refractivity contribution is -0.0807. The van der Waals surface area contributed by atoms with Crippen LogP contribution in [-0.2, 0) is 9.47 Å². The maximum Gasteiger partial charge on any atom is 0.126 e. The Bertz CT molecular complexity index is 627. The Kier molecular flexibility index (Phi) is 4.42. The second kappa shape index (κ2) is 6.30. The molecule has 0 spiro atoms. The molecule has 1 fully saturated rings. The van der Waals surface area contributed by atoms with E-state index >= 15 is 0 Å². The smallest absolute Gasteiger partial charge is 0.126 e. The monoisotopic (exact) mass is 350 g/mol. The maximum atomic E-state index is 5.73. The molecule has 1 saturated heterocycles. The third kappa shape index (κ3) is 3.36. The van der Waals surface area contributed by atoms with E-state index in [9.17, 15) is 0 Å². The summed E-state index contributed by atoms with van der Waals surface area (Å²) in [7, 11) is 1.78. The van der Waals surface area contributed by atoms with Gasteiger partial charge in [0.25, 0.3) is 0 Å². The van der Waals surface area contributed by atoms with Crippen molar-refractivity contribution in [1.82, 2.24) is 4.98 Å². The Hall–Kier alpha value is -1.17. The molecule has 1 aromatic heterocycles. The predicted octanol–water partition coefficient (Wildman–Crippen LogP) is 3.60. The topological polar surface area (TPSA) is 43.4 Å². The van der Waals surface area contributed by atoms with E-state index in [0.717, 1.165) is 53.8 Å². The van der Waals surface area contributed by atoms with Crippen molar-refractivity contribution in [3.05, 3.63) is 34.8 Å². The van der Waals surface area contributed by atoms with E-state index in [4.69, 9.17) is 9.47 Å². The molecule has 0 saturated carbocycles. The molecule has 0 radical (unpaired) electrons. The zero-order chi connectivity index (χ0) is 14.7. The molecule has 0 bridgehead atoms. The van der Waals surface area contributed by atoms with Gasteiger partial charge < -0.3 is 14.8 Å². The van der Waals surface area contributed by atoms with Crippen molar-refractivity contribution in [3.8, 4) is 0 Å². The van der Waals surface area contributed by atoms with Crippen molar-refractivity contribution in [2.45, 2.75) is 18.4 Å².